The number of alkyl halides is 1. The summed E-state index contributed by atoms with van der Waals surface area (Å²) in [5.41, 5.74) is 1.55. The zero-order valence-electron chi connectivity index (χ0n) is 10.5. The Morgan fingerprint density at radius 2 is 2.22 bits per heavy atom. The maximum absolute atomic E-state index is 5.82. The van der Waals surface area contributed by atoms with Crippen molar-refractivity contribution in [1.82, 2.24) is 19.9 Å². The number of hydrogen-bond donors (Lipinski definition) is 2. The molecule has 2 N–H and O–H groups in total. The van der Waals surface area contributed by atoms with Crippen LogP contribution in [0.4, 0.5) is 5.82 Å². The fourth-order valence-corrected chi connectivity index (χ4v) is 2.36. The Morgan fingerprint density at radius 3 is 3.00 bits per heavy atom. The van der Waals surface area contributed by atoms with Gasteiger partial charge in [-0.05, 0) is 18.8 Å². The first-order valence-corrected chi connectivity index (χ1v) is 6.82. The molecule has 0 aliphatic heterocycles. The lowest BCUT2D eigenvalue weighted by Crippen LogP contribution is -2.16. The predicted octanol–water partition coefficient (Wildman–Crippen LogP) is 2.81. The normalized spacial score (nSPS) is 12.8. The third-order valence-corrected chi connectivity index (χ3v) is 3.21. The average molecular weight is 268 g/mol. The van der Waals surface area contributed by atoms with Crippen molar-refractivity contribution >= 4 is 28.6 Å². The Bertz CT molecular complexity index is 478. The van der Waals surface area contributed by atoms with Crippen molar-refractivity contribution in [2.45, 2.75) is 26.2 Å². The minimum absolute atomic E-state index is 0.584. The van der Waals surface area contributed by atoms with Gasteiger partial charge in [-0.25, -0.2) is 15.0 Å². The van der Waals surface area contributed by atoms with E-state index in [1.165, 1.54) is 19.2 Å². The molecule has 0 saturated heterocycles. The molecule has 0 radical (unpaired) electrons. The monoisotopic (exact) mass is 267 g/mol. The quantitative estimate of drug-likeness (QED) is 0.757. The topological polar surface area (TPSA) is 66.5 Å². The van der Waals surface area contributed by atoms with Gasteiger partial charge in [-0.15, -0.1) is 11.6 Å². The van der Waals surface area contributed by atoms with Crippen LogP contribution in [0.15, 0.2) is 12.7 Å². The zero-order chi connectivity index (χ0) is 12.8. The first-order chi connectivity index (χ1) is 8.85. The minimum atomic E-state index is 0.584. The molecule has 18 heavy (non-hydrogen) atoms. The van der Waals surface area contributed by atoms with Crippen LogP contribution in [0.1, 0.15) is 26.2 Å². The number of anilines is 1. The fraction of sp³-hybridized carbons (Fsp3) is 0.583. The Kier molecular flexibility index (Phi) is 4.75. The average Bonchev–Trinajstić information content (AvgIpc) is 2.85. The molecule has 2 aromatic rings. The molecular formula is C12H18ClN5. The van der Waals surface area contributed by atoms with Gasteiger partial charge in [0.2, 0.25) is 0 Å². The molecule has 1 unspecified atom stereocenters. The summed E-state index contributed by atoms with van der Waals surface area (Å²) in [5, 5.41) is 3.36. The molecular weight excluding hydrogens is 250 g/mol. The lowest BCUT2D eigenvalue weighted by molar-refractivity contribution is 0.490. The van der Waals surface area contributed by atoms with Crippen molar-refractivity contribution in [3.63, 3.8) is 0 Å². The van der Waals surface area contributed by atoms with Gasteiger partial charge < -0.3 is 10.3 Å². The highest BCUT2D eigenvalue weighted by molar-refractivity contribution is 6.17. The number of rotatable bonds is 7. The van der Waals surface area contributed by atoms with Crippen LogP contribution >= 0.6 is 11.6 Å². The molecule has 0 saturated carbocycles. The number of fused-ring (bicyclic) bond motifs is 1. The summed E-state index contributed by atoms with van der Waals surface area (Å²) in [7, 11) is 0. The highest BCUT2D eigenvalue weighted by Crippen LogP contribution is 2.17. The third-order valence-electron chi connectivity index (χ3n) is 3.00. The van der Waals surface area contributed by atoms with Crippen molar-refractivity contribution in [2.24, 2.45) is 5.92 Å². The van der Waals surface area contributed by atoms with Crippen LogP contribution in [-0.2, 0) is 0 Å². The van der Waals surface area contributed by atoms with Gasteiger partial charge in [0, 0.05) is 12.4 Å². The molecule has 2 rings (SSSR count). The van der Waals surface area contributed by atoms with E-state index in [1.807, 2.05) is 0 Å². The minimum Gasteiger partial charge on any atom is -0.368 e. The van der Waals surface area contributed by atoms with Gasteiger partial charge in [-0.2, -0.15) is 0 Å². The Morgan fingerprint density at radius 1 is 1.33 bits per heavy atom. The van der Waals surface area contributed by atoms with Crippen molar-refractivity contribution in [2.75, 3.05) is 17.7 Å². The van der Waals surface area contributed by atoms with Crippen LogP contribution in [0.3, 0.4) is 0 Å². The Balaban J connectivity index is 2.02. The van der Waals surface area contributed by atoms with Gasteiger partial charge in [0.25, 0.3) is 0 Å². The third kappa shape index (κ3) is 3.10. The van der Waals surface area contributed by atoms with Crippen LogP contribution in [0.25, 0.3) is 11.2 Å². The van der Waals surface area contributed by atoms with Crippen LogP contribution in [0.5, 0.6) is 0 Å². The Labute approximate surface area is 111 Å². The predicted molar refractivity (Wildman–Crippen MR) is 73.9 cm³/mol. The number of halogens is 1. The van der Waals surface area contributed by atoms with E-state index in [2.05, 4.69) is 32.2 Å². The second-order valence-corrected chi connectivity index (χ2v) is 4.71. The van der Waals surface area contributed by atoms with Gasteiger partial charge in [-0.1, -0.05) is 13.3 Å². The van der Waals surface area contributed by atoms with Gasteiger partial charge >= 0.3 is 0 Å². The highest BCUT2D eigenvalue weighted by Gasteiger charge is 2.10. The van der Waals surface area contributed by atoms with Gasteiger partial charge in [0.1, 0.15) is 11.8 Å². The molecule has 98 valence electrons. The van der Waals surface area contributed by atoms with E-state index in [9.17, 15) is 0 Å². The van der Waals surface area contributed by atoms with Crippen molar-refractivity contribution < 1.29 is 0 Å². The van der Waals surface area contributed by atoms with Crippen molar-refractivity contribution in [1.29, 1.82) is 0 Å². The summed E-state index contributed by atoms with van der Waals surface area (Å²) in [6.45, 7) is 3.07. The molecule has 0 fully saturated rings. The van der Waals surface area contributed by atoms with E-state index in [1.54, 1.807) is 6.33 Å². The van der Waals surface area contributed by atoms with E-state index in [-0.39, 0.29) is 0 Å². The number of aromatic nitrogens is 4. The second-order valence-electron chi connectivity index (χ2n) is 4.34. The van der Waals surface area contributed by atoms with E-state index in [0.717, 1.165) is 24.3 Å². The molecule has 0 spiro atoms. The summed E-state index contributed by atoms with van der Waals surface area (Å²) < 4.78 is 0. The summed E-state index contributed by atoms with van der Waals surface area (Å²) in [5.74, 6) is 2.10. The van der Waals surface area contributed by atoms with Crippen LogP contribution in [-0.4, -0.2) is 32.4 Å². The highest BCUT2D eigenvalue weighted by atomic mass is 35.5. The first-order valence-electron chi connectivity index (χ1n) is 6.29. The largest absolute Gasteiger partial charge is 0.368 e. The van der Waals surface area contributed by atoms with Gasteiger partial charge in [-0.3, -0.25) is 0 Å². The van der Waals surface area contributed by atoms with Crippen LogP contribution in [0.2, 0.25) is 0 Å². The fourth-order valence-electron chi connectivity index (χ4n) is 2.05. The summed E-state index contributed by atoms with van der Waals surface area (Å²) in [6.07, 6.45) is 6.54. The molecule has 1 atom stereocenters. The Hall–Kier alpha value is -1.36. The maximum Gasteiger partial charge on any atom is 0.182 e. The molecule has 0 aromatic carbocycles. The lowest BCUT2D eigenvalue weighted by Gasteiger charge is -2.15. The van der Waals surface area contributed by atoms with E-state index >= 15 is 0 Å². The van der Waals surface area contributed by atoms with Gasteiger partial charge in [0.05, 0.1) is 6.33 Å². The summed E-state index contributed by atoms with van der Waals surface area (Å²) in [6, 6.07) is 0. The van der Waals surface area contributed by atoms with E-state index in [4.69, 9.17) is 11.6 Å². The number of nitrogens with zero attached hydrogens (tertiary/aromatic N) is 3. The number of nitrogens with one attached hydrogen (secondary N) is 2. The van der Waals surface area contributed by atoms with E-state index in [0.29, 0.717) is 17.4 Å². The second kappa shape index (κ2) is 6.54. The zero-order valence-corrected chi connectivity index (χ0v) is 11.2. The summed E-state index contributed by atoms with van der Waals surface area (Å²) >= 11 is 5.82. The maximum atomic E-state index is 5.82. The lowest BCUT2D eigenvalue weighted by atomic mass is 10.0. The molecule has 0 amide bonds. The number of aromatic amines is 1. The SMILES string of the molecule is CCCC(CCCl)CNc1ncnc2nc[nH]c12. The number of H-pyrrole nitrogens is 1. The van der Waals surface area contributed by atoms with Crippen molar-refractivity contribution in [3.8, 4) is 0 Å². The molecule has 0 aliphatic carbocycles. The smallest absolute Gasteiger partial charge is 0.182 e. The first kappa shape index (κ1) is 13.1. The van der Waals surface area contributed by atoms with Crippen LogP contribution < -0.4 is 5.32 Å². The van der Waals surface area contributed by atoms with Gasteiger partial charge in [0.15, 0.2) is 11.5 Å². The number of hydrogen-bond acceptors (Lipinski definition) is 4. The molecule has 5 nitrogen and oxygen atoms in total. The van der Waals surface area contributed by atoms with Crippen LogP contribution in [0, 0.1) is 5.92 Å². The van der Waals surface area contributed by atoms with E-state index < -0.39 is 0 Å². The number of imidazole rings is 1. The summed E-state index contributed by atoms with van der Waals surface area (Å²) in [4.78, 5) is 15.5. The molecule has 2 heterocycles. The molecule has 0 aliphatic rings. The van der Waals surface area contributed by atoms with Crippen molar-refractivity contribution in [3.05, 3.63) is 12.7 Å². The molecule has 0 bridgehead atoms. The molecule has 6 heteroatoms. The standard InChI is InChI=1S/C12H18ClN5/c1-2-3-9(4-5-13)6-14-11-10-12(16-7-15-10)18-8-17-11/h7-9H,2-6H2,1H3,(H2,14,15,16,17,18). The molecule has 2 aromatic heterocycles.